The summed E-state index contributed by atoms with van der Waals surface area (Å²) in [6.07, 6.45) is 4.28. The Morgan fingerprint density at radius 3 is 2.42 bits per heavy atom. The fourth-order valence-electron chi connectivity index (χ4n) is 4.07. The summed E-state index contributed by atoms with van der Waals surface area (Å²) in [7, 11) is -3.31. The first-order valence-corrected chi connectivity index (χ1v) is 12.9. The van der Waals surface area contributed by atoms with Crippen LogP contribution in [0.15, 0.2) is 52.9 Å². The van der Waals surface area contributed by atoms with Gasteiger partial charge in [-0.15, -0.1) is 10.2 Å². The lowest BCUT2D eigenvalue weighted by Gasteiger charge is -2.17. The summed E-state index contributed by atoms with van der Waals surface area (Å²) < 4.78 is 45.4. The highest BCUT2D eigenvalue weighted by Crippen LogP contribution is 2.35. The average Bonchev–Trinajstić information content (AvgIpc) is 3.20. The quantitative estimate of drug-likeness (QED) is 0.347. The van der Waals surface area contributed by atoms with Gasteiger partial charge in [0, 0.05) is 10.4 Å². The van der Waals surface area contributed by atoms with E-state index in [-0.39, 0.29) is 5.75 Å². The van der Waals surface area contributed by atoms with E-state index in [0.29, 0.717) is 11.3 Å². The van der Waals surface area contributed by atoms with Crippen LogP contribution in [0.4, 0.5) is 5.00 Å². The van der Waals surface area contributed by atoms with Crippen LogP contribution in [-0.2, 0) is 12.8 Å². The van der Waals surface area contributed by atoms with Gasteiger partial charge in [0.15, 0.2) is 0 Å². The lowest BCUT2D eigenvalue weighted by Crippen LogP contribution is -2.70. The number of phenolic OH excluding ortho intramolecular Hbond substituents is 1. The summed E-state index contributed by atoms with van der Waals surface area (Å²) in [5.41, 5.74) is 3.47. The lowest BCUT2D eigenvalue weighted by atomic mass is 9.96. The van der Waals surface area contributed by atoms with Crippen LogP contribution in [0.3, 0.4) is 0 Å². The summed E-state index contributed by atoms with van der Waals surface area (Å²) in [5, 5.41) is 22.3. The third-order valence-corrected chi connectivity index (χ3v) is 6.86. The predicted molar refractivity (Wildman–Crippen MR) is 119 cm³/mol. The molecule has 9 nitrogen and oxygen atoms in total. The molecule has 2 heterocycles. The van der Waals surface area contributed by atoms with Crippen LogP contribution in [0.25, 0.3) is 22.3 Å². The van der Waals surface area contributed by atoms with Crippen LogP contribution >= 0.6 is 11.3 Å². The van der Waals surface area contributed by atoms with E-state index in [1.807, 2.05) is 30.3 Å². The Balaban J connectivity index is 0.000000556. The van der Waals surface area contributed by atoms with E-state index in [1.165, 1.54) is 16.9 Å². The summed E-state index contributed by atoms with van der Waals surface area (Å²) in [5.74, 6) is 1.62. The zero-order chi connectivity index (χ0) is 25.9. The van der Waals surface area contributed by atoms with Crippen LogP contribution in [0.5, 0.6) is 11.5 Å². The van der Waals surface area contributed by atoms with Gasteiger partial charge in [-0.2, -0.15) is 10.3 Å². The van der Waals surface area contributed by atoms with Gasteiger partial charge in [-0.25, -0.2) is 18.6 Å². The second-order valence-corrected chi connectivity index (χ2v) is 9.82. The Morgan fingerprint density at radius 2 is 1.75 bits per heavy atom. The highest BCUT2D eigenvalue weighted by molar-refractivity contribution is 7.15. The SMILES string of the molecule is COc1ccc(-c2c/c(=[NH+]\c3sc4c(c3C#N)CCCC4)c3cc(O)ccc3o2)cc1.[O-][Cl+3]([O-])([O-])[O-]. The normalized spacial score (nSPS) is 13.5. The molecule has 4 aromatic rings. The molecule has 0 spiro atoms. The molecular formula is C25H21ClN2O7S. The number of hydrogen-bond acceptors (Lipinski definition) is 9. The van der Waals surface area contributed by atoms with Gasteiger partial charge < -0.3 is 14.3 Å². The second kappa shape index (κ2) is 10.7. The summed E-state index contributed by atoms with van der Waals surface area (Å²) in [4.78, 5) is 4.78. The molecule has 1 aliphatic carbocycles. The van der Waals surface area contributed by atoms with Crippen molar-refractivity contribution in [1.29, 1.82) is 5.26 Å². The zero-order valence-electron chi connectivity index (χ0n) is 19.1. The summed E-state index contributed by atoms with van der Waals surface area (Å²) in [6, 6.07) is 17.0. The van der Waals surface area contributed by atoms with E-state index in [9.17, 15) is 10.4 Å². The molecule has 36 heavy (non-hydrogen) atoms. The molecule has 186 valence electrons. The molecule has 0 aliphatic heterocycles. The number of thiophene rings is 1. The average molecular weight is 529 g/mol. The number of methoxy groups -OCH3 is 1. The third-order valence-electron chi connectivity index (χ3n) is 5.65. The Kier molecular flexibility index (Phi) is 7.61. The van der Waals surface area contributed by atoms with Gasteiger partial charge in [0.25, 0.3) is 5.00 Å². The van der Waals surface area contributed by atoms with Crippen molar-refractivity contribution >= 4 is 27.3 Å². The molecule has 2 aromatic carbocycles. The summed E-state index contributed by atoms with van der Waals surface area (Å²) >= 11 is 1.66. The van der Waals surface area contributed by atoms with Gasteiger partial charge in [-0.3, -0.25) is 0 Å². The van der Waals surface area contributed by atoms with Crippen molar-refractivity contribution in [2.75, 3.05) is 7.11 Å². The molecule has 1 aliphatic rings. The Hall–Kier alpha value is -3.43. The molecule has 0 amide bonds. The van der Waals surface area contributed by atoms with E-state index >= 15 is 0 Å². The predicted octanol–water partition coefficient (Wildman–Crippen LogP) is -0.817. The van der Waals surface area contributed by atoms with Crippen molar-refractivity contribution in [3.8, 4) is 28.9 Å². The monoisotopic (exact) mass is 528 g/mol. The number of ether oxygens (including phenoxy) is 1. The highest BCUT2D eigenvalue weighted by Gasteiger charge is 2.24. The Bertz CT molecular complexity index is 1490. The van der Waals surface area contributed by atoms with Crippen LogP contribution in [0, 0.1) is 21.6 Å². The van der Waals surface area contributed by atoms with Crippen molar-refractivity contribution in [2.24, 2.45) is 0 Å². The Labute approximate surface area is 212 Å². The standard InChI is InChI=1S/C25H20N2O3S.ClHO4/c1-29-17-9-6-15(7-10-17)23-13-21(19-12-16(28)8-11-22(19)30-23)27-25-20(14-26)18-4-2-3-5-24(18)31-25;2-1(3,4)5/h6-13,28H,2-5H2,1H3;(H,2,3,4,5)/b27-21+;. The van der Waals surface area contributed by atoms with Crippen molar-refractivity contribution in [1.82, 2.24) is 0 Å². The number of aromatic hydroxyl groups is 1. The van der Waals surface area contributed by atoms with Crippen LogP contribution in [0.2, 0.25) is 0 Å². The number of nitrogens with one attached hydrogen (secondary N) is 1. The fraction of sp³-hybridized carbons (Fsp3) is 0.200. The van der Waals surface area contributed by atoms with Gasteiger partial charge in [-0.05, 0) is 73.7 Å². The molecule has 0 unspecified atom stereocenters. The Morgan fingerprint density at radius 1 is 1.06 bits per heavy atom. The van der Waals surface area contributed by atoms with Gasteiger partial charge in [0.05, 0.1) is 18.6 Å². The molecule has 5 rings (SSSR count). The topological polar surface area (TPSA) is 173 Å². The first kappa shape index (κ1) is 25.7. The zero-order valence-corrected chi connectivity index (χ0v) is 20.6. The maximum atomic E-state index is 10.1. The van der Waals surface area contributed by atoms with Crippen LogP contribution in [0.1, 0.15) is 28.8 Å². The molecule has 11 heteroatoms. The minimum atomic E-state index is -4.94. The van der Waals surface area contributed by atoms with Crippen molar-refractivity contribution in [3.05, 3.63) is 69.9 Å². The van der Waals surface area contributed by atoms with E-state index in [2.05, 4.69) is 11.1 Å². The highest BCUT2D eigenvalue weighted by atomic mass is 35.7. The second-order valence-electron chi connectivity index (χ2n) is 7.96. The molecule has 2 aromatic heterocycles. The third kappa shape index (κ3) is 6.03. The minimum absolute atomic E-state index is 0.161. The van der Waals surface area contributed by atoms with Crippen molar-refractivity contribution in [2.45, 2.75) is 25.7 Å². The number of nitrogens with zero attached hydrogens (tertiary/aromatic N) is 1. The molecule has 0 saturated carbocycles. The first-order chi connectivity index (χ1) is 17.2. The van der Waals surface area contributed by atoms with Gasteiger partial charge in [0.1, 0.15) is 34.5 Å². The summed E-state index contributed by atoms with van der Waals surface area (Å²) in [6.45, 7) is 0. The van der Waals surface area contributed by atoms with E-state index in [4.69, 9.17) is 27.8 Å². The number of rotatable bonds is 3. The van der Waals surface area contributed by atoms with Crippen molar-refractivity contribution in [3.63, 3.8) is 0 Å². The number of nitriles is 1. The smallest absolute Gasteiger partial charge is 0.278 e. The molecule has 0 atom stereocenters. The minimum Gasteiger partial charge on any atom is -0.508 e. The number of fused-ring (bicyclic) bond motifs is 2. The molecule has 2 N–H and O–H groups in total. The lowest BCUT2D eigenvalue weighted by molar-refractivity contribution is -2.00. The molecule has 0 radical (unpaired) electrons. The molecule has 0 saturated heterocycles. The van der Waals surface area contributed by atoms with Crippen LogP contribution in [-0.4, -0.2) is 12.2 Å². The largest absolute Gasteiger partial charge is 0.508 e. The van der Waals surface area contributed by atoms with Crippen molar-refractivity contribution < 1.29 is 48.1 Å². The molecular weight excluding hydrogens is 508 g/mol. The van der Waals surface area contributed by atoms with Crippen LogP contribution < -0.4 is 33.7 Å². The number of hydrogen-bond donors (Lipinski definition) is 2. The molecule has 0 fully saturated rings. The number of aryl methyl sites for hydroxylation is 1. The maximum absolute atomic E-state index is 10.1. The van der Waals surface area contributed by atoms with Gasteiger partial charge >= 0.3 is 0 Å². The van der Waals surface area contributed by atoms with E-state index in [0.717, 1.165) is 51.9 Å². The number of phenols is 1. The molecule has 0 bridgehead atoms. The van der Waals surface area contributed by atoms with Gasteiger partial charge in [0.2, 0.25) is 5.36 Å². The first-order valence-electron chi connectivity index (χ1n) is 10.8. The number of halogens is 1. The number of benzene rings is 2. The fourth-order valence-corrected chi connectivity index (χ4v) is 5.32. The van der Waals surface area contributed by atoms with E-state index in [1.54, 1.807) is 36.6 Å². The van der Waals surface area contributed by atoms with E-state index < -0.39 is 10.2 Å². The maximum Gasteiger partial charge on any atom is 0.278 e. The van der Waals surface area contributed by atoms with Gasteiger partial charge in [-0.1, -0.05) is 11.3 Å².